The third-order valence-corrected chi connectivity index (χ3v) is 2.82. The number of carbonyl (C=O) groups is 2. The Morgan fingerprint density at radius 2 is 2.00 bits per heavy atom. The van der Waals surface area contributed by atoms with E-state index >= 15 is 0 Å². The van der Waals surface area contributed by atoms with Gasteiger partial charge in [-0.15, -0.1) is 11.6 Å². The molecule has 0 aliphatic heterocycles. The number of hydrogen-bond donors (Lipinski definition) is 0. The van der Waals surface area contributed by atoms with E-state index in [-0.39, 0.29) is 18.1 Å². The van der Waals surface area contributed by atoms with Crippen molar-refractivity contribution in [3.05, 3.63) is 34.9 Å². The fourth-order valence-corrected chi connectivity index (χ4v) is 1.96. The van der Waals surface area contributed by atoms with Crippen LogP contribution in [-0.2, 0) is 11.2 Å². The number of benzene rings is 1. The molecule has 1 aromatic carbocycles. The Morgan fingerprint density at radius 1 is 1.28 bits per heavy atom. The summed E-state index contributed by atoms with van der Waals surface area (Å²) in [5.74, 6) is -0.312. The molecule has 98 valence electrons. The number of esters is 1. The summed E-state index contributed by atoms with van der Waals surface area (Å²) in [6, 6.07) is 5.27. The normalized spacial score (nSPS) is 10.2. The van der Waals surface area contributed by atoms with E-state index in [0.29, 0.717) is 24.2 Å². The van der Waals surface area contributed by atoms with Crippen LogP contribution in [0.2, 0.25) is 0 Å². The SMILES string of the molecule is CCOC(=O)c1c(CC)cccc1C(=O)CCCl. The summed E-state index contributed by atoms with van der Waals surface area (Å²) in [6.45, 7) is 3.97. The van der Waals surface area contributed by atoms with Crippen molar-refractivity contribution in [2.45, 2.75) is 26.7 Å². The van der Waals surface area contributed by atoms with E-state index in [1.165, 1.54) is 0 Å². The number of ketones is 1. The molecule has 0 heterocycles. The number of Topliss-reactive ketones (excluding diaryl/α,β-unsaturated/α-hetero) is 1. The number of carbonyl (C=O) groups excluding carboxylic acids is 2. The van der Waals surface area contributed by atoms with Crippen LogP contribution in [0.3, 0.4) is 0 Å². The Bertz CT molecular complexity index is 441. The fraction of sp³-hybridized carbons (Fsp3) is 0.429. The summed E-state index contributed by atoms with van der Waals surface area (Å²) in [5, 5.41) is 0. The molecule has 0 saturated heterocycles. The highest BCUT2D eigenvalue weighted by Crippen LogP contribution is 2.19. The van der Waals surface area contributed by atoms with Crippen LogP contribution in [0.4, 0.5) is 0 Å². The molecule has 18 heavy (non-hydrogen) atoms. The van der Waals surface area contributed by atoms with Gasteiger partial charge in [-0.05, 0) is 18.9 Å². The molecule has 0 bridgehead atoms. The zero-order chi connectivity index (χ0) is 13.5. The molecule has 0 amide bonds. The van der Waals surface area contributed by atoms with Crippen molar-refractivity contribution < 1.29 is 14.3 Å². The van der Waals surface area contributed by atoms with Gasteiger partial charge in [-0.1, -0.05) is 25.1 Å². The molecule has 0 unspecified atom stereocenters. The van der Waals surface area contributed by atoms with Gasteiger partial charge >= 0.3 is 5.97 Å². The maximum atomic E-state index is 12.0. The average Bonchev–Trinajstić information content (AvgIpc) is 2.38. The summed E-state index contributed by atoms with van der Waals surface area (Å²) in [7, 11) is 0. The molecule has 0 radical (unpaired) electrons. The lowest BCUT2D eigenvalue weighted by molar-refractivity contribution is 0.0521. The fourth-order valence-electron chi connectivity index (χ4n) is 1.79. The molecule has 0 aliphatic carbocycles. The van der Waals surface area contributed by atoms with Crippen molar-refractivity contribution in [2.75, 3.05) is 12.5 Å². The monoisotopic (exact) mass is 268 g/mol. The van der Waals surface area contributed by atoms with Gasteiger partial charge in [0.1, 0.15) is 0 Å². The topological polar surface area (TPSA) is 43.4 Å². The Morgan fingerprint density at radius 3 is 2.56 bits per heavy atom. The summed E-state index contributed by atoms with van der Waals surface area (Å²) in [4.78, 5) is 23.9. The minimum absolute atomic E-state index is 0.122. The van der Waals surface area contributed by atoms with Gasteiger partial charge in [-0.3, -0.25) is 4.79 Å². The van der Waals surface area contributed by atoms with Crippen molar-refractivity contribution in [3.8, 4) is 0 Å². The van der Waals surface area contributed by atoms with E-state index in [9.17, 15) is 9.59 Å². The van der Waals surface area contributed by atoms with Gasteiger partial charge in [0, 0.05) is 17.9 Å². The lowest BCUT2D eigenvalue weighted by Crippen LogP contribution is -2.15. The number of rotatable bonds is 6. The first-order valence-corrected chi connectivity index (χ1v) is 6.57. The minimum atomic E-state index is -0.437. The highest BCUT2D eigenvalue weighted by atomic mass is 35.5. The Hall–Kier alpha value is -1.35. The first-order valence-electron chi connectivity index (χ1n) is 6.03. The lowest BCUT2D eigenvalue weighted by atomic mass is 9.95. The maximum Gasteiger partial charge on any atom is 0.339 e. The van der Waals surface area contributed by atoms with Crippen LogP contribution in [0.25, 0.3) is 0 Å². The molecule has 0 spiro atoms. The van der Waals surface area contributed by atoms with E-state index in [1.54, 1.807) is 19.1 Å². The van der Waals surface area contributed by atoms with Gasteiger partial charge in [-0.25, -0.2) is 4.79 Å². The standard InChI is InChI=1S/C14H17ClO3/c1-3-10-6-5-7-11(12(16)8-9-15)13(10)14(17)18-4-2/h5-7H,3-4,8-9H2,1-2H3. The predicted molar refractivity (Wildman–Crippen MR) is 71.4 cm³/mol. The molecule has 0 atom stereocenters. The highest BCUT2D eigenvalue weighted by molar-refractivity contribution is 6.20. The number of halogens is 1. The molecule has 0 N–H and O–H groups in total. The molecule has 4 heteroatoms. The van der Waals surface area contributed by atoms with Crippen LogP contribution in [0.1, 0.15) is 46.5 Å². The molecule has 3 nitrogen and oxygen atoms in total. The van der Waals surface area contributed by atoms with Crippen LogP contribution in [0.15, 0.2) is 18.2 Å². The number of hydrogen-bond acceptors (Lipinski definition) is 3. The number of aryl methyl sites for hydroxylation is 1. The zero-order valence-corrected chi connectivity index (χ0v) is 11.4. The van der Waals surface area contributed by atoms with Gasteiger partial charge in [-0.2, -0.15) is 0 Å². The van der Waals surface area contributed by atoms with Crippen molar-refractivity contribution in [3.63, 3.8) is 0 Å². The summed E-state index contributed by atoms with van der Waals surface area (Å²) in [5.41, 5.74) is 1.62. The second-order valence-corrected chi connectivity index (χ2v) is 4.15. The van der Waals surface area contributed by atoms with Crippen molar-refractivity contribution in [2.24, 2.45) is 0 Å². The van der Waals surface area contributed by atoms with E-state index in [2.05, 4.69) is 0 Å². The minimum Gasteiger partial charge on any atom is -0.462 e. The van der Waals surface area contributed by atoms with Crippen molar-refractivity contribution >= 4 is 23.4 Å². The number of alkyl halides is 1. The van der Waals surface area contributed by atoms with Crippen LogP contribution >= 0.6 is 11.6 Å². The van der Waals surface area contributed by atoms with Crippen LogP contribution in [0, 0.1) is 0 Å². The number of ether oxygens (including phenoxy) is 1. The third-order valence-electron chi connectivity index (χ3n) is 2.63. The first-order chi connectivity index (χ1) is 8.65. The second kappa shape index (κ2) is 7.17. The molecule has 0 fully saturated rings. The molecular formula is C14H17ClO3. The van der Waals surface area contributed by atoms with Gasteiger partial charge in [0.25, 0.3) is 0 Å². The zero-order valence-electron chi connectivity index (χ0n) is 10.7. The van der Waals surface area contributed by atoms with E-state index in [0.717, 1.165) is 5.56 Å². The molecule has 1 rings (SSSR count). The average molecular weight is 269 g/mol. The van der Waals surface area contributed by atoms with Crippen LogP contribution in [0.5, 0.6) is 0 Å². The third kappa shape index (κ3) is 3.33. The van der Waals surface area contributed by atoms with Crippen LogP contribution in [-0.4, -0.2) is 24.2 Å². The van der Waals surface area contributed by atoms with E-state index in [1.807, 2.05) is 13.0 Å². The Kier molecular flexibility index (Phi) is 5.86. The summed E-state index contributed by atoms with van der Waals surface area (Å²) < 4.78 is 5.02. The van der Waals surface area contributed by atoms with Crippen LogP contribution < -0.4 is 0 Å². The molecule has 0 saturated carbocycles. The predicted octanol–water partition coefficient (Wildman–Crippen LogP) is 3.24. The van der Waals surface area contributed by atoms with Crippen molar-refractivity contribution in [1.29, 1.82) is 0 Å². The van der Waals surface area contributed by atoms with Gasteiger partial charge in [0.05, 0.1) is 12.2 Å². The first kappa shape index (κ1) is 14.7. The molecule has 0 aromatic heterocycles. The van der Waals surface area contributed by atoms with Gasteiger partial charge < -0.3 is 4.74 Å². The Labute approximate surface area is 112 Å². The van der Waals surface area contributed by atoms with Crippen molar-refractivity contribution in [1.82, 2.24) is 0 Å². The smallest absolute Gasteiger partial charge is 0.339 e. The lowest BCUT2D eigenvalue weighted by Gasteiger charge is -2.11. The van der Waals surface area contributed by atoms with Gasteiger partial charge in [0.15, 0.2) is 5.78 Å². The molecule has 0 aliphatic rings. The van der Waals surface area contributed by atoms with Gasteiger partial charge in [0.2, 0.25) is 0 Å². The highest BCUT2D eigenvalue weighted by Gasteiger charge is 2.20. The maximum absolute atomic E-state index is 12.0. The van der Waals surface area contributed by atoms with E-state index in [4.69, 9.17) is 16.3 Å². The Balaban J connectivity index is 3.24. The molecule has 1 aromatic rings. The largest absolute Gasteiger partial charge is 0.462 e. The quantitative estimate of drug-likeness (QED) is 0.452. The summed E-state index contributed by atoms with van der Waals surface area (Å²) in [6.07, 6.45) is 0.900. The summed E-state index contributed by atoms with van der Waals surface area (Å²) >= 11 is 5.58. The van der Waals surface area contributed by atoms with E-state index < -0.39 is 5.97 Å². The molecular weight excluding hydrogens is 252 g/mol. The second-order valence-electron chi connectivity index (χ2n) is 3.78.